The molecule has 0 aliphatic carbocycles. The summed E-state index contributed by atoms with van der Waals surface area (Å²) in [6, 6.07) is 6.21. The van der Waals surface area contributed by atoms with Crippen LogP contribution in [0.5, 0.6) is 28.7 Å². The van der Waals surface area contributed by atoms with Crippen LogP contribution in [0.4, 0.5) is 11.4 Å². The maximum atomic E-state index is 9.54. The average Bonchev–Trinajstić information content (AvgIpc) is 2.31. The van der Waals surface area contributed by atoms with E-state index in [0.29, 0.717) is 0 Å². The van der Waals surface area contributed by atoms with Gasteiger partial charge in [-0.25, -0.2) is 0 Å². The van der Waals surface area contributed by atoms with Crippen molar-refractivity contribution in [1.29, 1.82) is 0 Å². The molecule has 0 fully saturated rings. The van der Waals surface area contributed by atoms with Crippen molar-refractivity contribution in [2.24, 2.45) is 0 Å². The number of phenols is 5. The van der Waals surface area contributed by atoms with Crippen LogP contribution < -0.4 is 5.32 Å². The molecule has 94 valence electrons. The van der Waals surface area contributed by atoms with Gasteiger partial charge in [-0.3, -0.25) is 0 Å². The summed E-state index contributed by atoms with van der Waals surface area (Å²) in [7, 11) is 0. The lowest BCUT2D eigenvalue weighted by Crippen LogP contribution is -1.90. The first kappa shape index (κ1) is 11.7. The van der Waals surface area contributed by atoms with Crippen molar-refractivity contribution in [3.05, 3.63) is 30.3 Å². The molecule has 6 heteroatoms. The molecule has 0 radical (unpaired) electrons. The number of aromatic hydroxyl groups is 5. The van der Waals surface area contributed by atoms with E-state index in [1.165, 1.54) is 30.3 Å². The Hall–Kier alpha value is -2.76. The molecule has 2 aromatic rings. The average molecular weight is 249 g/mol. The van der Waals surface area contributed by atoms with Crippen LogP contribution in [0.15, 0.2) is 30.3 Å². The van der Waals surface area contributed by atoms with E-state index >= 15 is 0 Å². The predicted octanol–water partition coefficient (Wildman–Crippen LogP) is 1.96. The van der Waals surface area contributed by atoms with E-state index in [1.807, 2.05) is 0 Å². The molecule has 0 atom stereocenters. The summed E-state index contributed by atoms with van der Waals surface area (Å²) in [6.45, 7) is 0. The summed E-state index contributed by atoms with van der Waals surface area (Å²) in [5.41, 5.74) is 0.434. The zero-order valence-corrected chi connectivity index (χ0v) is 9.12. The first-order chi connectivity index (χ1) is 8.47. The highest BCUT2D eigenvalue weighted by molar-refractivity contribution is 5.71. The summed E-state index contributed by atoms with van der Waals surface area (Å²) in [4.78, 5) is 0. The highest BCUT2D eigenvalue weighted by Gasteiger charge is 2.09. The van der Waals surface area contributed by atoms with Crippen molar-refractivity contribution in [3.63, 3.8) is 0 Å². The van der Waals surface area contributed by atoms with Crippen LogP contribution in [0, 0.1) is 0 Å². The van der Waals surface area contributed by atoms with Crippen LogP contribution in [0.1, 0.15) is 0 Å². The summed E-state index contributed by atoms with van der Waals surface area (Å²) in [5.74, 6) is -1.79. The van der Waals surface area contributed by atoms with Gasteiger partial charge in [0.2, 0.25) is 0 Å². The minimum atomic E-state index is -0.624. The van der Waals surface area contributed by atoms with E-state index in [9.17, 15) is 25.5 Å². The second-order valence-electron chi connectivity index (χ2n) is 3.69. The molecule has 2 rings (SSSR count). The van der Waals surface area contributed by atoms with Crippen molar-refractivity contribution >= 4 is 11.4 Å². The van der Waals surface area contributed by atoms with Crippen LogP contribution >= 0.6 is 0 Å². The fourth-order valence-electron chi connectivity index (χ4n) is 1.46. The van der Waals surface area contributed by atoms with Gasteiger partial charge in [0.05, 0.1) is 5.69 Å². The molecule has 18 heavy (non-hydrogen) atoms. The molecule has 0 bridgehead atoms. The second kappa shape index (κ2) is 4.25. The van der Waals surface area contributed by atoms with Gasteiger partial charge < -0.3 is 30.8 Å². The normalized spacial score (nSPS) is 10.2. The Morgan fingerprint density at radius 1 is 0.722 bits per heavy atom. The van der Waals surface area contributed by atoms with Gasteiger partial charge in [-0.1, -0.05) is 0 Å². The Bertz CT molecular complexity index is 574. The number of rotatable bonds is 2. The van der Waals surface area contributed by atoms with Crippen LogP contribution in [0.25, 0.3) is 0 Å². The molecule has 0 heterocycles. The molecule has 0 saturated heterocycles. The van der Waals surface area contributed by atoms with Gasteiger partial charge in [0, 0.05) is 23.9 Å². The monoisotopic (exact) mass is 249 g/mol. The molecule has 6 N–H and O–H groups in total. The summed E-state index contributed by atoms with van der Waals surface area (Å²) in [5, 5.41) is 49.3. The smallest absolute Gasteiger partial charge is 0.200 e. The maximum Gasteiger partial charge on any atom is 0.200 e. The van der Waals surface area contributed by atoms with Crippen molar-refractivity contribution < 1.29 is 25.5 Å². The quantitative estimate of drug-likeness (QED) is 0.358. The van der Waals surface area contributed by atoms with E-state index in [0.717, 1.165) is 0 Å². The van der Waals surface area contributed by atoms with E-state index in [4.69, 9.17) is 0 Å². The topological polar surface area (TPSA) is 113 Å². The molecule has 0 aliphatic heterocycles. The number of anilines is 2. The third-order valence-electron chi connectivity index (χ3n) is 2.33. The molecule has 6 nitrogen and oxygen atoms in total. The van der Waals surface area contributed by atoms with Gasteiger partial charge in [-0.05, 0) is 12.1 Å². The number of nitrogens with one attached hydrogen (secondary N) is 1. The minimum Gasteiger partial charge on any atom is -0.508 e. The number of hydrogen-bond acceptors (Lipinski definition) is 6. The van der Waals surface area contributed by atoms with Crippen molar-refractivity contribution in [1.82, 2.24) is 0 Å². The van der Waals surface area contributed by atoms with Crippen LogP contribution in [0.2, 0.25) is 0 Å². The summed E-state index contributed by atoms with van der Waals surface area (Å²) in [6.07, 6.45) is 0. The largest absolute Gasteiger partial charge is 0.508 e. The minimum absolute atomic E-state index is 0.0532. The van der Waals surface area contributed by atoms with Gasteiger partial charge in [-0.15, -0.1) is 0 Å². The Labute approximate surface area is 102 Å². The van der Waals surface area contributed by atoms with Crippen LogP contribution in [0.3, 0.4) is 0 Å². The van der Waals surface area contributed by atoms with Gasteiger partial charge in [0.1, 0.15) is 11.5 Å². The Morgan fingerprint density at radius 2 is 1.33 bits per heavy atom. The van der Waals surface area contributed by atoms with Gasteiger partial charge in [-0.2, -0.15) is 0 Å². The molecular weight excluding hydrogens is 238 g/mol. The Morgan fingerprint density at radius 3 is 1.94 bits per heavy atom. The molecule has 0 saturated carbocycles. The van der Waals surface area contributed by atoms with E-state index in [-0.39, 0.29) is 22.9 Å². The SMILES string of the molecule is Oc1ccc(O)c(Nc2cc(O)c(O)c(O)c2)c1. The number of hydrogen-bond donors (Lipinski definition) is 6. The summed E-state index contributed by atoms with van der Waals surface area (Å²) < 4.78 is 0. The van der Waals surface area contributed by atoms with Crippen LogP contribution in [-0.2, 0) is 0 Å². The molecule has 0 amide bonds. The van der Waals surface area contributed by atoms with Crippen molar-refractivity contribution in [2.75, 3.05) is 5.32 Å². The standard InChI is InChI=1S/C12H11NO5/c14-7-1-2-9(15)8(5-7)13-6-3-10(16)12(18)11(17)4-6/h1-5,13-18H. The van der Waals surface area contributed by atoms with E-state index in [2.05, 4.69) is 5.32 Å². The first-order valence-electron chi connectivity index (χ1n) is 5.01. The predicted molar refractivity (Wildman–Crippen MR) is 64.5 cm³/mol. The maximum absolute atomic E-state index is 9.54. The second-order valence-corrected chi connectivity index (χ2v) is 3.69. The summed E-state index contributed by atoms with van der Waals surface area (Å²) >= 11 is 0. The zero-order valence-electron chi connectivity index (χ0n) is 9.12. The highest BCUT2D eigenvalue weighted by Crippen LogP contribution is 2.39. The molecular formula is C12H11NO5. The third-order valence-corrected chi connectivity index (χ3v) is 2.33. The first-order valence-corrected chi connectivity index (χ1v) is 5.01. The van der Waals surface area contributed by atoms with E-state index < -0.39 is 17.2 Å². The molecule has 0 aliphatic rings. The number of phenolic OH excluding ortho intramolecular Hbond substituents is 5. The third kappa shape index (κ3) is 2.17. The van der Waals surface area contributed by atoms with E-state index in [1.54, 1.807) is 0 Å². The fraction of sp³-hybridized carbons (Fsp3) is 0. The fourth-order valence-corrected chi connectivity index (χ4v) is 1.46. The lowest BCUT2D eigenvalue weighted by Gasteiger charge is -2.10. The molecule has 0 spiro atoms. The Balaban J connectivity index is 2.37. The molecule has 0 aromatic heterocycles. The zero-order chi connectivity index (χ0) is 13.3. The Kier molecular flexibility index (Phi) is 2.77. The van der Waals surface area contributed by atoms with Crippen LogP contribution in [-0.4, -0.2) is 25.5 Å². The van der Waals surface area contributed by atoms with Crippen molar-refractivity contribution in [3.8, 4) is 28.7 Å². The molecule has 2 aromatic carbocycles. The highest BCUT2D eigenvalue weighted by atomic mass is 16.3. The van der Waals surface area contributed by atoms with Gasteiger partial charge in [0.25, 0.3) is 0 Å². The molecule has 0 unspecified atom stereocenters. The lowest BCUT2D eigenvalue weighted by molar-refractivity contribution is 0.368. The van der Waals surface area contributed by atoms with Gasteiger partial charge >= 0.3 is 0 Å². The number of benzene rings is 2. The van der Waals surface area contributed by atoms with Crippen molar-refractivity contribution in [2.45, 2.75) is 0 Å². The lowest BCUT2D eigenvalue weighted by atomic mass is 10.2. The van der Waals surface area contributed by atoms with Gasteiger partial charge in [0.15, 0.2) is 17.2 Å².